The molecule has 2 heterocycles. The van der Waals surface area contributed by atoms with Crippen molar-refractivity contribution in [3.63, 3.8) is 0 Å². The van der Waals surface area contributed by atoms with Crippen LogP contribution >= 0.6 is 23.2 Å². The number of carbonyl (C=O) groups excluding carboxylic acids is 1. The molecule has 1 N–H and O–H groups in total. The number of nitrogens with one attached hydrogen (secondary N) is 1. The molecular weight excluding hydrogens is 541 g/mol. The minimum absolute atomic E-state index is 0.0541. The van der Waals surface area contributed by atoms with Gasteiger partial charge in [-0.1, -0.05) is 41.4 Å². The molecule has 12 heteroatoms. The van der Waals surface area contributed by atoms with Gasteiger partial charge in [-0.3, -0.25) is 14.5 Å². The smallest absolute Gasteiger partial charge is 0.243 e. The van der Waals surface area contributed by atoms with Gasteiger partial charge in [0, 0.05) is 49.8 Å². The van der Waals surface area contributed by atoms with E-state index in [-0.39, 0.29) is 46.7 Å². The fourth-order valence-electron chi connectivity index (χ4n) is 3.84. The maximum Gasteiger partial charge on any atom is 0.243 e. The van der Waals surface area contributed by atoms with Crippen LogP contribution in [0.4, 0.5) is 5.69 Å². The summed E-state index contributed by atoms with van der Waals surface area (Å²) in [7, 11) is -3.76. The van der Waals surface area contributed by atoms with Gasteiger partial charge in [0.15, 0.2) is 0 Å². The third-order valence-corrected chi connectivity index (χ3v) is 8.37. The fraction of sp³-hybridized carbons (Fsp3) is 0.280. The Morgan fingerprint density at radius 1 is 1.05 bits per heavy atom. The van der Waals surface area contributed by atoms with Gasteiger partial charge in [-0.25, -0.2) is 8.42 Å². The number of sulfonamides is 1. The summed E-state index contributed by atoms with van der Waals surface area (Å²) in [5.74, 6) is 0.234. The number of hydrogen-bond donors (Lipinski definition) is 1. The number of benzene rings is 2. The number of halogens is 2. The van der Waals surface area contributed by atoms with Gasteiger partial charge in [0.25, 0.3) is 0 Å². The van der Waals surface area contributed by atoms with Crippen molar-refractivity contribution in [2.75, 3.05) is 31.5 Å². The van der Waals surface area contributed by atoms with Crippen molar-refractivity contribution in [2.45, 2.75) is 25.0 Å². The summed E-state index contributed by atoms with van der Waals surface area (Å²) in [4.78, 5) is 25.8. The van der Waals surface area contributed by atoms with E-state index in [2.05, 4.69) is 5.32 Å². The molecule has 1 aliphatic heterocycles. The average Bonchev–Trinajstić information content (AvgIpc) is 2.86. The first-order valence-electron chi connectivity index (χ1n) is 11.4. The predicted molar refractivity (Wildman–Crippen MR) is 141 cm³/mol. The van der Waals surface area contributed by atoms with E-state index in [0.717, 1.165) is 5.56 Å². The molecule has 1 aliphatic rings. The van der Waals surface area contributed by atoms with Crippen molar-refractivity contribution in [1.82, 2.24) is 9.21 Å². The molecule has 196 valence electrons. The zero-order valence-electron chi connectivity index (χ0n) is 19.9. The molecule has 0 saturated carbocycles. The molecule has 0 bridgehead atoms. The van der Waals surface area contributed by atoms with Gasteiger partial charge >= 0.3 is 0 Å². The van der Waals surface area contributed by atoms with Crippen LogP contribution in [0.25, 0.3) is 0 Å². The van der Waals surface area contributed by atoms with Crippen LogP contribution in [-0.4, -0.2) is 49.7 Å². The molecule has 4 rings (SSSR count). The van der Waals surface area contributed by atoms with Gasteiger partial charge in [0.1, 0.15) is 18.6 Å². The van der Waals surface area contributed by atoms with Gasteiger partial charge in [-0.15, -0.1) is 0 Å². The Hall–Kier alpha value is -2.89. The van der Waals surface area contributed by atoms with Crippen LogP contribution in [0.15, 0.2) is 68.9 Å². The van der Waals surface area contributed by atoms with E-state index < -0.39 is 10.0 Å². The molecule has 1 aromatic heterocycles. The van der Waals surface area contributed by atoms with Crippen LogP contribution in [0.1, 0.15) is 18.2 Å². The van der Waals surface area contributed by atoms with Crippen molar-refractivity contribution in [1.29, 1.82) is 0 Å². The molecule has 0 unspecified atom stereocenters. The highest BCUT2D eigenvalue weighted by Crippen LogP contribution is 2.27. The Morgan fingerprint density at radius 2 is 1.78 bits per heavy atom. The van der Waals surface area contributed by atoms with E-state index in [1.807, 2.05) is 23.1 Å². The van der Waals surface area contributed by atoms with Gasteiger partial charge in [0.2, 0.25) is 27.1 Å². The third kappa shape index (κ3) is 6.71. The number of carbonyl (C=O) groups is 1. The topological polar surface area (TPSA) is 109 Å². The van der Waals surface area contributed by atoms with Crippen LogP contribution in [0, 0.1) is 0 Å². The number of piperazine rings is 1. The molecule has 0 aliphatic carbocycles. The highest BCUT2D eigenvalue weighted by molar-refractivity contribution is 7.89. The summed E-state index contributed by atoms with van der Waals surface area (Å²) < 4.78 is 38.7. The number of hydrogen-bond acceptors (Lipinski definition) is 7. The molecular formula is C25H25Cl2N3O6S. The Balaban J connectivity index is 1.33. The zero-order chi connectivity index (χ0) is 26.6. The summed E-state index contributed by atoms with van der Waals surface area (Å²) in [5, 5.41) is 3.25. The second-order valence-corrected chi connectivity index (χ2v) is 11.2. The first kappa shape index (κ1) is 27.2. The lowest BCUT2D eigenvalue weighted by molar-refractivity contribution is -0.114. The van der Waals surface area contributed by atoms with Crippen LogP contribution < -0.4 is 15.5 Å². The largest absolute Gasteiger partial charge is 0.482 e. The molecule has 3 aromatic rings. The fourth-order valence-corrected chi connectivity index (χ4v) is 5.77. The second-order valence-electron chi connectivity index (χ2n) is 8.46. The van der Waals surface area contributed by atoms with Gasteiger partial charge < -0.3 is 14.5 Å². The van der Waals surface area contributed by atoms with Crippen LogP contribution in [0.2, 0.25) is 10.0 Å². The van der Waals surface area contributed by atoms with Crippen molar-refractivity contribution >= 4 is 44.8 Å². The normalized spacial score (nSPS) is 14.9. The third-order valence-electron chi connectivity index (χ3n) is 5.79. The Morgan fingerprint density at radius 3 is 2.43 bits per heavy atom. The summed E-state index contributed by atoms with van der Waals surface area (Å²) >= 11 is 12.3. The van der Waals surface area contributed by atoms with Crippen LogP contribution in [-0.2, 0) is 28.0 Å². The Bertz CT molecular complexity index is 1450. The zero-order valence-corrected chi connectivity index (χ0v) is 22.3. The highest BCUT2D eigenvalue weighted by atomic mass is 35.5. The number of rotatable bonds is 8. The van der Waals surface area contributed by atoms with Crippen molar-refractivity contribution in [3.05, 3.63) is 86.4 Å². The summed E-state index contributed by atoms with van der Waals surface area (Å²) in [6.45, 7) is 3.26. The van der Waals surface area contributed by atoms with Gasteiger partial charge in [-0.05, 0) is 24.3 Å². The number of ether oxygens (including phenoxy) is 1. The van der Waals surface area contributed by atoms with E-state index in [9.17, 15) is 18.0 Å². The van der Waals surface area contributed by atoms with E-state index in [1.54, 1.807) is 6.07 Å². The molecule has 37 heavy (non-hydrogen) atoms. The first-order chi connectivity index (χ1) is 17.6. The molecule has 1 saturated heterocycles. The SMILES string of the molecule is CC(=O)Nc1ccc(S(=O)(=O)N2CCN(Cc3cc(=O)c(OCc4ccccc4Cl)co3)CC2)cc1Cl. The lowest BCUT2D eigenvalue weighted by Gasteiger charge is -2.33. The molecule has 9 nitrogen and oxygen atoms in total. The van der Waals surface area contributed by atoms with E-state index in [1.165, 1.54) is 41.8 Å². The Kier molecular flexibility index (Phi) is 8.56. The van der Waals surface area contributed by atoms with Crippen LogP contribution in [0.5, 0.6) is 5.75 Å². The molecule has 1 amide bonds. The molecule has 0 spiro atoms. The van der Waals surface area contributed by atoms with E-state index in [0.29, 0.717) is 36.1 Å². The maximum absolute atomic E-state index is 13.1. The first-order valence-corrected chi connectivity index (χ1v) is 13.6. The molecule has 0 radical (unpaired) electrons. The number of nitrogens with zero attached hydrogens (tertiary/aromatic N) is 2. The minimum atomic E-state index is -3.76. The van der Waals surface area contributed by atoms with E-state index in [4.69, 9.17) is 32.4 Å². The average molecular weight is 566 g/mol. The minimum Gasteiger partial charge on any atom is -0.482 e. The standard InChI is InChI=1S/C25H25Cl2N3O6S/c1-17(31)28-23-7-6-20(13-22(23)27)37(33,34)30-10-8-29(9-11-30)14-19-12-24(32)25(16-35-19)36-15-18-4-2-3-5-21(18)26/h2-7,12-13,16H,8-11,14-15H2,1H3,(H,28,31). The highest BCUT2D eigenvalue weighted by Gasteiger charge is 2.29. The number of anilines is 1. The monoisotopic (exact) mass is 565 g/mol. The maximum atomic E-state index is 13.1. The molecule has 1 fully saturated rings. The van der Waals surface area contributed by atoms with Crippen LogP contribution in [0.3, 0.4) is 0 Å². The lowest BCUT2D eigenvalue weighted by Crippen LogP contribution is -2.48. The quantitative estimate of drug-likeness (QED) is 0.439. The van der Waals surface area contributed by atoms with Crippen molar-refractivity contribution < 1.29 is 22.4 Å². The predicted octanol–water partition coefficient (Wildman–Crippen LogP) is 3.99. The van der Waals surface area contributed by atoms with E-state index >= 15 is 0 Å². The number of amides is 1. The molecule has 2 aromatic carbocycles. The van der Waals surface area contributed by atoms with Crippen molar-refractivity contribution in [2.24, 2.45) is 0 Å². The van der Waals surface area contributed by atoms with Gasteiger partial charge in [-0.2, -0.15) is 4.31 Å². The summed E-state index contributed by atoms with van der Waals surface area (Å²) in [5.41, 5.74) is 0.792. The van der Waals surface area contributed by atoms with Gasteiger partial charge in [0.05, 0.1) is 22.2 Å². The second kappa shape index (κ2) is 11.7. The Labute approximate surface area is 224 Å². The lowest BCUT2D eigenvalue weighted by atomic mass is 10.2. The summed E-state index contributed by atoms with van der Waals surface area (Å²) in [6, 6.07) is 12.8. The summed E-state index contributed by atoms with van der Waals surface area (Å²) in [6.07, 6.45) is 1.28. The molecule has 0 atom stereocenters. The van der Waals surface area contributed by atoms with Crippen molar-refractivity contribution in [3.8, 4) is 5.75 Å².